The summed E-state index contributed by atoms with van der Waals surface area (Å²) in [7, 11) is 3.47. The maximum atomic E-state index is 16.1. The number of likely N-dealkylation sites (tertiary alicyclic amines) is 1. The van der Waals surface area contributed by atoms with Crippen molar-refractivity contribution in [3.05, 3.63) is 101 Å². The van der Waals surface area contributed by atoms with Crippen LogP contribution in [0, 0.1) is 30.5 Å². The molecule has 12 rings (SSSR count). The van der Waals surface area contributed by atoms with Gasteiger partial charge in [0.15, 0.2) is 5.75 Å². The van der Waals surface area contributed by atoms with E-state index >= 15 is 4.39 Å². The third-order valence-corrected chi connectivity index (χ3v) is 16.2. The average Bonchev–Trinajstić information content (AvgIpc) is 4.20. The number of fused-ring (bicyclic) bond motifs is 5. The molecule has 2 bridgehead atoms. The van der Waals surface area contributed by atoms with Crippen LogP contribution in [0.4, 0.5) is 10.2 Å². The largest absolute Gasteiger partial charge is 0.486 e. The molecule has 3 aliphatic heterocycles. The molecule has 7 heterocycles. The van der Waals surface area contributed by atoms with E-state index in [1.165, 1.54) is 15.6 Å². The van der Waals surface area contributed by atoms with Crippen LogP contribution in [0.1, 0.15) is 80.7 Å². The van der Waals surface area contributed by atoms with Gasteiger partial charge in [0.05, 0.1) is 48.4 Å². The highest BCUT2D eigenvalue weighted by Crippen LogP contribution is 2.53. The number of amides is 2. The zero-order valence-corrected chi connectivity index (χ0v) is 45.5. The standard InChI is InChI=1S/C59H64FN13O7/c1-31(2)54(58(77)72-26-41(75)19-50(72)57(76)64-38(28-74)17-16-35-8-7-9-49-44(35)24-63-70(49)5)73-27-48(68-69-73)37-12-10-34(11-13-37)30-79-55-52(51-33(4)46(60)21-47-45(51)23-62-67-47)42(36-14-15-36)20-43-53(55)65-59(80-29-32(3)78-6)66-56(43)71-25-39-18-40(71)22-61-39/h7-13,20-21,23-24,27,31-32,36,38-41,50,54,61,74-75H,14-15,18-19,22,25-26,28-30H2,1-6H3,(H,62,67)(H,64,76)/t32-,38+,39-,40-,41+,50-,54-/m0/s1. The van der Waals surface area contributed by atoms with Crippen LogP contribution in [0.15, 0.2) is 73.2 Å². The number of methoxy groups -OCH3 is 1. The highest BCUT2D eigenvalue weighted by Gasteiger charge is 2.44. The fourth-order valence-electron chi connectivity index (χ4n) is 11.7. The molecule has 1 saturated carbocycles. The number of carbonyl (C=O) groups excluding carboxylic acids is 2. The lowest BCUT2D eigenvalue weighted by atomic mass is 9.88. The molecule has 0 unspecified atom stereocenters. The highest BCUT2D eigenvalue weighted by molar-refractivity contribution is 6.06. The lowest BCUT2D eigenvalue weighted by Crippen LogP contribution is -2.51. The second-order valence-electron chi connectivity index (χ2n) is 22.0. The van der Waals surface area contributed by atoms with Gasteiger partial charge in [-0.1, -0.05) is 61.2 Å². The van der Waals surface area contributed by atoms with Crippen molar-refractivity contribution >= 4 is 50.3 Å². The molecule has 414 valence electrons. The predicted octanol–water partition coefficient (Wildman–Crippen LogP) is 5.87. The molecule has 7 atom stereocenters. The molecule has 0 radical (unpaired) electrons. The summed E-state index contributed by atoms with van der Waals surface area (Å²) < 4.78 is 38.3. The molecule has 4 aromatic heterocycles. The Kier molecular flexibility index (Phi) is 14.2. The van der Waals surface area contributed by atoms with Crippen LogP contribution in [0.3, 0.4) is 0 Å². The number of aryl methyl sites for hydroxylation is 1. The molecule has 8 aromatic rings. The summed E-state index contributed by atoms with van der Waals surface area (Å²) in [6.45, 7) is 8.94. The molecule has 21 heteroatoms. The van der Waals surface area contributed by atoms with Gasteiger partial charge in [0.2, 0.25) is 11.8 Å². The lowest BCUT2D eigenvalue weighted by molar-refractivity contribution is -0.142. The van der Waals surface area contributed by atoms with Gasteiger partial charge in [0, 0.05) is 90.7 Å². The minimum Gasteiger partial charge on any atom is -0.486 e. The van der Waals surface area contributed by atoms with E-state index in [1.807, 2.05) is 70.3 Å². The first-order valence-corrected chi connectivity index (χ1v) is 27.4. The Morgan fingerprint density at radius 1 is 0.988 bits per heavy atom. The van der Waals surface area contributed by atoms with E-state index in [-0.39, 0.29) is 62.0 Å². The topological polar surface area (TPSA) is 236 Å². The first kappa shape index (κ1) is 52.7. The van der Waals surface area contributed by atoms with Crippen LogP contribution < -0.4 is 25.0 Å². The lowest BCUT2D eigenvalue weighted by Gasteiger charge is -2.30. The zero-order valence-electron chi connectivity index (χ0n) is 45.5. The Morgan fingerprint density at radius 3 is 2.55 bits per heavy atom. The Balaban J connectivity index is 0.826. The van der Waals surface area contributed by atoms with Crippen molar-refractivity contribution in [2.45, 2.75) is 108 Å². The monoisotopic (exact) mass is 1090 g/mol. The Bertz CT molecular complexity index is 3730. The third kappa shape index (κ3) is 9.94. The second kappa shape index (κ2) is 21.6. The van der Waals surface area contributed by atoms with Crippen LogP contribution in [-0.4, -0.2) is 148 Å². The SMILES string of the molecule is CO[C@@H](C)COc1nc(N2C[C@@H]3C[C@H]2CN3)c2cc(C3CC3)c(-c3c(C)c(F)cc4[nH]ncc34)c(OCc3ccc(-c4cn([C@H](C(=O)N5C[C@H](O)C[C@H]5C(=O)N[C@H](C#Cc5cccc6c5cnn6C)CO)C(C)C)nn4)cc3)c2n1. The highest BCUT2D eigenvalue weighted by atomic mass is 19.1. The molecule has 0 spiro atoms. The van der Waals surface area contributed by atoms with Crippen molar-refractivity contribution in [2.75, 3.05) is 44.9 Å². The number of aliphatic hydroxyl groups is 2. The summed E-state index contributed by atoms with van der Waals surface area (Å²) in [4.78, 5) is 42.4. The molecule has 20 nitrogen and oxygen atoms in total. The predicted molar refractivity (Wildman–Crippen MR) is 297 cm³/mol. The van der Waals surface area contributed by atoms with Crippen molar-refractivity contribution in [1.82, 2.24) is 60.5 Å². The van der Waals surface area contributed by atoms with Crippen molar-refractivity contribution in [1.29, 1.82) is 0 Å². The summed E-state index contributed by atoms with van der Waals surface area (Å²) >= 11 is 0. The summed E-state index contributed by atoms with van der Waals surface area (Å²) in [5.74, 6) is 5.92. The molecular formula is C59H64FN13O7. The number of aromatic amines is 1. The van der Waals surface area contributed by atoms with Gasteiger partial charge in [-0.3, -0.25) is 19.4 Å². The van der Waals surface area contributed by atoms with Gasteiger partial charge < -0.3 is 44.9 Å². The molecular weight excluding hydrogens is 1020 g/mol. The summed E-state index contributed by atoms with van der Waals surface area (Å²) in [5, 5.41) is 50.6. The van der Waals surface area contributed by atoms with E-state index in [0.29, 0.717) is 45.2 Å². The quantitative estimate of drug-likeness (QED) is 0.0671. The zero-order chi connectivity index (χ0) is 55.5. The van der Waals surface area contributed by atoms with Gasteiger partial charge >= 0.3 is 6.01 Å². The molecule has 1 aliphatic carbocycles. The number of benzene rings is 4. The fraction of sp³-hybridized carbons (Fsp3) is 0.424. The van der Waals surface area contributed by atoms with E-state index in [1.54, 1.807) is 37.3 Å². The number of aromatic nitrogens is 9. The first-order valence-electron chi connectivity index (χ1n) is 27.4. The van der Waals surface area contributed by atoms with Crippen LogP contribution in [0.5, 0.6) is 11.8 Å². The number of anilines is 1. The number of β-amino-alcohol motifs (C(OH)–C–C–N with tert-alkyl or cyclic N) is 1. The van der Waals surface area contributed by atoms with Gasteiger partial charge in [-0.15, -0.1) is 5.10 Å². The molecule has 4 aromatic carbocycles. The van der Waals surface area contributed by atoms with E-state index in [9.17, 15) is 19.8 Å². The van der Waals surface area contributed by atoms with Crippen molar-refractivity contribution in [3.63, 3.8) is 0 Å². The van der Waals surface area contributed by atoms with Crippen molar-refractivity contribution in [3.8, 4) is 46.0 Å². The number of piperazine rings is 1. The number of hydrogen-bond acceptors (Lipinski definition) is 15. The molecule has 4 aliphatic rings. The Labute approximate surface area is 461 Å². The van der Waals surface area contributed by atoms with Gasteiger partial charge in [-0.2, -0.15) is 20.2 Å². The number of aliphatic hydroxyl groups excluding tert-OH is 2. The van der Waals surface area contributed by atoms with Gasteiger partial charge in [0.25, 0.3) is 0 Å². The molecule has 5 N–H and O–H groups in total. The fourth-order valence-corrected chi connectivity index (χ4v) is 11.7. The normalized spacial score (nSPS) is 20.0. The second-order valence-corrected chi connectivity index (χ2v) is 22.0. The summed E-state index contributed by atoms with van der Waals surface area (Å²) in [6.07, 6.45) is 6.95. The van der Waals surface area contributed by atoms with Crippen LogP contribution in [0.2, 0.25) is 0 Å². The number of rotatable bonds is 17. The van der Waals surface area contributed by atoms with E-state index < -0.39 is 42.7 Å². The maximum absolute atomic E-state index is 16.1. The van der Waals surface area contributed by atoms with Gasteiger partial charge in [0.1, 0.15) is 54.2 Å². The number of nitrogens with zero attached hydrogens (tertiary/aromatic N) is 10. The summed E-state index contributed by atoms with van der Waals surface area (Å²) in [6, 6.07) is 15.0. The Morgan fingerprint density at radius 2 is 1.81 bits per heavy atom. The number of nitrogens with one attached hydrogen (secondary N) is 3. The minimum absolute atomic E-state index is 0.0135. The molecule has 3 saturated heterocycles. The molecule has 4 fully saturated rings. The Hall–Kier alpha value is -8.03. The maximum Gasteiger partial charge on any atom is 0.319 e. The number of hydrogen-bond donors (Lipinski definition) is 5. The number of halogens is 1. The summed E-state index contributed by atoms with van der Waals surface area (Å²) in [5.41, 5.74) is 7.75. The molecule has 80 heavy (non-hydrogen) atoms. The van der Waals surface area contributed by atoms with E-state index in [0.717, 1.165) is 82.1 Å². The van der Waals surface area contributed by atoms with Crippen LogP contribution in [-0.2, 0) is 28.0 Å². The van der Waals surface area contributed by atoms with Crippen LogP contribution in [0.25, 0.3) is 55.1 Å². The average molecular weight is 1090 g/mol. The number of H-pyrrole nitrogens is 1. The van der Waals surface area contributed by atoms with Gasteiger partial charge in [-0.05, 0) is 85.9 Å². The van der Waals surface area contributed by atoms with E-state index in [4.69, 9.17) is 24.2 Å². The first-order chi connectivity index (χ1) is 38.7. The molecule has 2 amide bonds. The van der Waals surface area contributed by atoms with Crippen molar-refractivity contribution < 1.29 is 38.4 Å². The number of ether oxygens (including phenoxy) is 3. The van der Waals surface area contributed by atoms with Crippen molar-refractivity contribution in [2.24, 2.45) is 13.0 Å². The van der Waals surface area contributed by atoms with E-state index in [2.05, 4.69) is 59.0 Å². The third-order valence-electron chi connectivity index (χ3n) is 16.2. The minimum atomic E-state index is -1.02. The number of carbonyl (C=O) groups is 2. The van der Waals surface area contributed by atoms with Gasteiger partial charge in [-0.25, -0.2) is 9.07 Å². The smallest absolute Gasteiger partial charge is 0.319 e. The van der Waals surface area contributed by atoms with Crippen LogP contribution >= 0.6 is 0 Å².